The second kappa shape index (κ2) is 4.38. The topological polar surface area (TPSA) is 122 Å². The van der Waals surface area contributed by atoms with Gasteiger partial charge in [-0.1, -0.05) is 11.3 Å². The van der Waals surface area contributed by atoms with Gasteiger partial charge in [-0.05, 0) is 6.92 Å². The number of nitrogens with zero attached hydrogens (tertiary/aromatic N) is 2. The number of rotatable bonds is 4. The standard InChI is InChI=1S/C8H7N3O5S2/c1-4-6(2-5(16-4)7(12)13)18(14,15)11-8-10-9-3-17-8/h2-3H,1H3,(H,10,11)(H,12,13). The highest BCUT2D eigenvalue weighted by atomic mass is 32.2. The maximum absolute atomic E-state index is 11.9. The molecule has 0 saturated carbocycles. The Morgan fingerprint density at radius 2 is 2.28 bits per heavy atom. The van der Waals surface area contributed by atoms with Crippen molar-refractivity contribution in [1.82, 2.24) is 10.2 Å². The Balaban J connectivity index is 2.38. The molecule has 0 fully saturated rings. The molecule has 2 aromatic rings. The molecule has 10 heteroatoms. The number of nitrogens with one attached hydrogen (secondary N) is 1. The van der Waals surface area contributed by atoms with Crippen LogP contribution < -0.4 is 4.72 Å². The van der Waals surface area contributed by atoms with Gasteiger partial charge in [-0.2, -0.15) is 0 Å². The van der Waals surface area contributed by atoms with E-state index in [1.807, 2.05) is 0 Å². The van der Waals surface area contributed by atoms with E-state index in [0.717, 1.165) is 17.4 Å². The van der Waals surface area contributed by atoms with Crippen LogP contribution in [-0.2, 0) is 10.0 Å². The molecule has 2 rings (SSSR count). The van der Waals surface area contributed by atoms with E-state index in [4.69, 9.17) is 9.52 Å². The van der Waals surface area contributed by atoms with Crippen molar-refractivity contribution in [1.29, 1.82) is 0 Å². The first-order valence-electron chi connectivity index (χ1n) is 4.53. The Morgan fingerprint density at radius 1 is 1.56 bits per heavy atom. The van der Waals surface area contributed by atoms with Crippen LogP contribution in [0.1, 0.15) is 16.3 Å². The quantitative estimate of drug-likeness (QED) is 0.858. The number of hydrogen-bond donors (Lipinski definition) is 2. The fraction of sp³-hybridized carbons (Fsp3) is 0.125. The number of sulfonamides is 1. The molecule has 0 bridgehead atoms. The normalized spacial score (nSPS) is 11.4. The third kappa shape index (κ3) is 2.33. The lowest BCUT2D eigenvalue weighted by atomic mass is 10.4. The van der Waals surface area contributed by atoms with E-state index in [1.165, 1.54) is 12.4 Å². The lowest BCUT2D eigenvalue weighted by molar-refractivity contribution is 0.0661. The number of anilines is 1. The van der Waals surface area contributed by atoms with Crippen molar-refractivity contribution < 1.29 is 22.7 Å². The van der Waals surface area contributed by atoms with Gasteiger partial charge < -0.3 is 9.52 Å². The Labute approximate surface area is 105 Å². The number of aromatic carboxylic acids is 1. The molecule has 0 unspecified atom stereocenters. The number of hydrogen-bond acceptors (Lipinski definition) is 7. The van der Waals surface area contributed by atoms with E-state index in [0.29, 0.717) is 0 Å². The van der Waals surface area contributed by atoms with E-state index in [2.05, 4.69) is 14.9 Å². The minimum absolute atomic E-state index is 0.00980. The van der Waals surface area contributed by atoms with Gasteiger partial charge >= 0.3 is 5.97 Å². The molecule has 0 radical (unpaired) electrons. The maximum Gasteiger partial charge on any atom is 0.371 e. The molecule has 0 aromatic carbocycles. The summed E-state index contributed by atoms with van der Waals surface area (Å²) in [6, 6.07) is 0.945. The van der Waals surface area contributed by atoms with Gasteiger partial charge in [-0.3, -0.25) is 4.72 Å². The van der Waals surface area contributed by atoms with Crippen molar-refractivity contribution in [2.45, 2.75) is 11.8 Å². The number of carbonyl (C=O) groups is 1. The highest BCUT2D eigenvalue weighted by Gasteiger charge is 2.24. The summed E-state index contributed by atoms with van der Waals surface area (Å²) in [6.45, 7) is 1.36. The summed E-state index contributed by atoms with van der Waals surface area (Å²) in [4.78, 5) is 10.4. The number of aromatic nitrogens is 2. The summed E-state index contributed by atoms with van der Waals surface area (Å²) in [5.41, 5.74) is 1.36. The van der Waals surface area contributed by atoms with Crippen LogP contribution in [0.2, 0.25) is 0 Å². The zero-order valence-electron chi connectivity index (χ0n) is 8.95. The zero-order chi connectivity index (χ0) is 13.3. The molecule has 2 aromatic heterocycles. The summed E-state index contributed by atoms with van der Waals surface area (Å²) < 4.78 is 30.9. The molecule has 0 saturated heterocycles. The largest absolute Gasteiger partial charge is 0.475 e. The highest BCUT2D eigenvalue weighted by molar-refractivity contribution is 7.93. The van der Waals surface area contributed by atoms with Gasteiger partial charge in [0.1, 0.15) is 16.2 Å². The first kappa shape index (κ1) is 12.5. The minimum Gasteiger partial charge on any atom is -0.475 e. The molecule has 18 heavy (non-hydrogen) atoms. The van der Waals surface area contributed by atoms with E-state index in [9.17, 15) is 13.2 Å². The van der Waals surface area contributed by atoms with E-state index in [-0.39, 0.29) is 15.8 Å². The number of carboxylic acids is 1. The first-order valence-corrected chi connectivity index (χ1v) is 6.89. The Kier molecular flexibility index (Phi) is 3.05. The fourth-order valence-electron chi connectivity index (χ4n) is 1.23. The Bertz CT molecular complexity index is 674. The molecule has 0 aliphatic carbocycles. The number of furan rings is 1. The minimum atomic E-state index is -3.93. The molecule has 0 amide bonds. The Morgan fingerprint density at radius 3 is 2.78 bits per heavy atom. The summed E-state index contributed by atoms with van der Waals surface area (Å²) in [7, 11) is -3.93. The summed E-state index contributed by atoms with van der Waals surface area (Å²) in [6.07, 6.45) is 0. The van der Waals surface area contributed by atoms with Crippen molar-refractivity contribution in [3.8, 4) is 0 Å². The van der Waals surface area contributed by atoms with Gasteiger partial charge in [0, 0.05) is 6.07 Å². The van der Waals surface area contributed by atoms with Gasteiger partial charge in [-0.25, -0.2) is 13.2 Å². The van der Waals surface area contributed by atoms with Crippen LogP contribution in [0.3, 0.4) is 0 Å². The summed E-state index contributed by atoms with van der Waals surface area (Å²) >= 11 is 1.00. The predicted molar refractivity (Wildman–Crippen MR) is 61.1 cm³/mol. The van der Waals surface area contributed by atoms with Crippen LogP contribution in [0.4, 0.5) is 5.13 Å². The first-order chi connectivity index (χ1) is 8.40. The molecule has 2 heterocycles. The molecule has 8 nitrogen and oxygen atoms in total. The smallest absolute Gasteiger partial charge is 0.371 e. The van der Waals surface area contributed by atoms with Crippen molar-refractivity contribution in [3.05, 3.63) is 23.1 Å². The summed E-state index contributed by atoms with van der Waals surface area (Å²) in [5.74, 6) is -1.79. The van der Waals surface area contributed by atoms with Crippen LogP contribution >= 0.6 is 11.3 Å². The van der Waals surface area contributed by atoms with Crippen LogP contribution in [0, 0.1) is 6.92 Å². The third-order valence-corrected chi connectivity index (χ3v) is 4.14. The summed E-state index contributed by atoms with van der Waals surface area (Å²) in [5, 5.41) is 15.8. The van der Waals surface area contributed by atoms with E-state index >= 15 is 0 Å². The monoisotopic (exact) mass is 289 g/mol. The molecule has 2 N–H and O–H groups in total. The Hall–Kier alpha value is -1.94. The average molecular weight is 289 g/mol. The molecule has 0 aliphatic heterocycles. The van der Waals surface area contributed by atoms with Crippen LogP contribution in [0.25, 0.3) is 0 Å². The van der Waals surface area contributed by atoms with Crippen molar-refractivity contribution in [2.24, 2.45) is 0 Å². The SMILES string of the molecule is Cc1oc(C(=O)O)cc1S(=O)(=O)Nc1nncs1. The van der Waals surface area contributed by atoms with Gasteiger partial charge in [0.05, 0.1) is 0 Å². The van der Waals surface area contributed by atoms with Crippen molar-refractivity contribution in [3.63, 3.8) is 0 Å². The third-order valence-electron chi connectivity index (χ3n) is 1.95. The maximum atomic E-state index is 11.9. The molecular weight excluding hydrogens is 282 g/mol. The lowest BCUT2D eigenvalue weighted by Gasteiger charge is -2.01. The average Bonchev–Trinajstić information content (AvgIpc) is 2.86. The van der Waals surface area contributed by atoms with Crippen molar-refractivity contribution in [2.75, 3.05) is 4.72 Å². The predicted octanol–water partition coefficient (Wildman–Crippen LogP) is 0.939. The lowest BCUT2D eigenvalue weighted by Crippen LogP contribution is -2.13. The van der Waals surface area contributed by atoms with E-state index in [1.54, 1.807) is 0 Å². The van der Waals surface area contributed by atoms with Crippen LogP contribution in [-0.4, -0.2) is 29.7 Å². The van der Waals surface area contributed by atoms with Crippen molar-refractivity contribution >= 4 is 32.5 Å². The molecule has 0 atom stereocenters. The zero-order valence-corrected chi connectivity index (χ0v) is 10.6. The highest BCUT2D eigenvalue weighted by Crippen LogP contribution is 2.23. The van der Waals surface area contributed by atoms with Gasteiger partial charge in [-0.15, -0.1) is 10.2 Å². The fourth-order valence-corrected chi connectivity index (χ4v) is 3.10. The van der Waals surface area contributed by atoms with E-state index < -0.39 is 21.8 Å². The molecule has 0 spiro atoms. The van der Waals surface area contributed by atoms with Gasteiger partial charge in [0.15, 0.2) is 0 Å². The van der Waals surface area contributed by atoms with Gasteiger partial charge in [0.25, 0.3) is 10.0 Å². The van der Waals surface area contributed by atoms with Crippen LogP contribution in [0.15, 0.2) is 20.9 Å². The molecule has 96 valence electrons. The molecular formula is C8H7N3O5S2. The second-order valence-electron chi connectivity index (χ2n) is 3.19. The van der Waals surface area contributed by atoms with Gasteiger partial charge in [0.2, 0.25) is 10.9 Å². The van der Waals surface area contributed by atoms with Crippen LogP contribution in [0.5, 0.6) is 0 Å². The number of carboxylic acid groups (broad SMARTS) is 1. The second-order valence-corrected chi connectivity index (χ2v) is 5.67. The molecule has 0 aliphatic rings. The number of aryl methyl sites for hydroxylation is 1.